The van der Waals surface area contributed by atoms with Crippen molar-refractivity contribution < 1.29 is 19.1 Å². The van der Waals surface area contributed by atoms with Crippen LogP contribution in [0.25, 0.3) is 0 Å². The van der Waals surface area contributed by atoms with Crippen molar-refractivity contribution in [2.75, 3.05) is 29.5 Å². The van der Waals surface area contributed by atoms with Crippen molar-refractivity contribution in [1.29, 1.82) is 0 Å². The van der Waals surface area contributed by atoms with E-state index in [-0.39, 0.29) is 24.3 Å². The van der Waals surface area contributed by atoms with E-state index in [1.54, 1.807) is 4.90 Å². The summed E-state index contributed by atoms with van der Waals surface area (Å²) in [6, 6.07) is 15.8. The Kier molecular flexibility index (Phi) is 6.16. The van der Waals surface area contributed by atoms with Crippen LogP contribution in [0, 0.1) is 11.8 Å². The lowest BCUT2D eigenvalue weighted by Crippen LogP contribution is -2.43. The number of hydrogen-bond acceptors (Lipinski definition) is 4. The van der Waals surface area contributed by atoms with Gasteiger partial charge in [0.15, 0.2) is 6.61 Å². The van der Waals surface area contributed by atoms with Gasteiger partial charge in [-0.05, 0) is 55.4 Å². The van der Waals surface area contributed by atoms with Crippen LogP contribution in [-0.2, 0) is 32.0 Å². The van der Waals surface area contributed by atoms with Crippen LogP contribution in [0.3, 0.4) is 0 Å². The quantitative estimate of drug-likeness (QED) is 0.668. The van der Waals surface area contributed by atoms with Crippen LogP contribution >= 0.6 is 0 Å². The highest BCUT2D eigenvalue weighted by Crippen LogP contribution is 2.36. The molecule has 5 rings (SSSR count). The Bertz CT molecular complexity index is 1070. The summed E-state index contributed by atoms with van der Waals surface area (Å²) < 4.78 is 5.52. The first-order valence-electron chi connectivity index (χ1n) is 12.1. The molecule has 2 atom stereocenters. The molecule has 0 aromatic heterocycles. The molecule has 0 spiro atoms. The minimum atomic E-state index is -0.486. The zero-order valence-corrected chi connectivity index (χ0v) is 18.9. The van der Waals surface area contributed by atoms with Crippen molar-refractivity contribution in [2.24, 2.45) is 11.8 Å². The van der Waals surface area contributed by atoms with Gasteiger partial charge in [-0.3, -0.25) is 14.4 Å². The second kappa shape index (κ2) is 9.38. The second-order valence-electron chi connectivity index (χ2n) is 9.25. The molecule has 2 heterocycles. The molecule has 1 saturated carbocycles. The third kappa shape index (κ3) is 4.26. The molecule has 6 heteroatoms. The Labute approximate surface area is 194 Å². The maximum absolute atomic E-state index is 13.4. The van der Waals surface area contributed by atoms with E-state index in [0.29, 0.717) is 25.9 Å². The first kappa shape index (κ1) is 21.7. The van der Waals surface area contributed by atoms with Gasteiger partial charge < -0.3 is 14.5 Å². The number of ether oxygens (including phenoxy) is 1. The second-order valence-corrected chi connectivity index (χ2v) is 9.25. The van der Waals surface area contributed by atoms with Gasteiger partial charge in [0.1, 0.15) is 0 Å². The van der Waals surface area contributed by atoms with E-state index >= 15 is 0 Å². The van der Waals surface area contributed by atoms with Crippen molar-refractivity contribution in [3.05, 3.63) is 59.7 Å². The summed E-state index contributed by atoms with van der Waals surface area (Å²) in [6.07, 6.45) is 5.83. The SMILES string of the molecule is O=C(OCC(=O)N1CCCc2ccccc21)C1CCCCC1C(=O)N1CCc2ccccc21. The molecule has 0 N–H and O–H groups in total. The van der Waals surface area contributed by atoms with E-state index in [1.807, 2.05) is 47.4 Å². The van der Waals surface area contributed by atoms with Crippen molar-refractivity contribution in [3.63, 3.8) is 0 Å². The third-order valence-electron chi connectivity index (χ3n) is 7.29. The zero-order chi connectivity index (χ0) is 22.8. The van der Waals surface area contributed by atoms with E-state index in [1.165, 1.54) is 5.56 Å². The van der Waals surface area contributed by atoms with Crippen LogP contribution < -0.4 is 9.80 Å². The highest BCUT2D eigenvalue weighted by atomic mass is 16.5. The number of amides is 2. The molecule has 0 radical (unpaired) electrons. The standard InChI is InChI=1S/C27H30N2O4/c30-25(28-16-7-10-19-8-1-5-13-23(19)28)18-33-27(32)22-12-4-3-11-21(22)26(31)29-17-15-20-9-2-6-14-24(20)29/h1-2,5-6,8-9,13-14,21-22H,3-4,7,10-12,15-18H2. The Balaban J connectivity index is 1.24. The molecular weight excluding hydrogens is 416 g/mol. The molecule has 2 amide bonds. The Hall–Kier alpha value is -3.15. The lowest BCUT2D eigenvalue weighted by molar-refractivity contribution is -0.156. The third-order valence-corrected chi connectivity index (χ3v) is 7.29. The van der Waals surface area contributed by atoms with Crippen molar-refractivity contribution >= 4 is 29.2 Å². The summed E-state index contributed by atoms with van der Waals surface area (Å²) in [5.41, 5.74) is 4.18. The molecule has 0 saturated heterocycles. The van der Waals surface area contributed by atoms with E-state index in [0.717, 1.165) is 49.0 Å². The van der Waals surface area contributed by atoms with Gasteiger partial charge in [0.2, 0.25) is 5.91 Å². The van der Waals surface area contributed by atoms with E-state index in [2.05, 4.69) is 6.07 Å². The number of carbonyl (C=O) groups is 3. The molecule has 2 unspecified atom stereocenters. The maximum Gasteiger partial charge on any atom is 0.310 e. The molecule has 6 nitrogen and oxygen atoms in total. The van der Waals surface area contributed by atoms with Gasteiger partial charge in [-0.1, -0.05) is 49.2 Å². The summed E-state index contributed by atoms with van der Waals surface area (Å²) in [4.78, 5) is 42.9. The van der Waals surface area contributed by atoms with Crippen LogP contribution in [0.1, 0.15) is 43.2 Å². The van der Waals surface area contributed by atoms with E-state index in [4.69, 9.17) is 4.74 Å². The number of esters is 1. The molecule has 33 heavy (non-hydrogen) atoms. The highest BCUT2D eigenvalue weighted by Gasteiger charge is 2.40. The normalized spacial score (nSPS) is 21.8. The minimum absolute atomic E-state index is 0.0119. The van der Waals surface area contributed by atoms with Gasteiger partial charge in [0, 0.05) is 24.5 Å². The number of aryl methyl sites for hydroxylation is 1. The fourth-order valence-corrected chi connectivity index (χ4v) is 5.59. The summed E-state index contributed by atoms with van der Waals surface area (Å²) >= 11 is 0. The fourth-order valence-electron chi connectivity index (χ4n) is 5.59. The number of carbonyl (C=O) groups excluding carboxylic acids is 3. The van der Waals surface area contributed by atoms with Crippen LogP contribution in [0.2, 0.25) is 0 Å². The summed E-state index contributed by atoms with van der Waals surface area (Å²) in [6.45, 7) is 1.01. The average molecular weight is 447 g/mol. The number of nitrogens with zero attached hydrogens (tertiary/aromatic N) is 2. The molecular formula is C27H30N2O4. The Morgan fingerprint density at radius 2 is 1.39 bits per heavy atom. The predicted molar refractivity (Wildman–Crippen MR) is 126 cm³/mol. The predicted octanol–water partition coefficient (Wildman–Crippen LogP) is 3.90. The molecule has 1 aliphatic carbocycles. The lowest BCUT2D eigenvalue weighted by Gasteiger charge is -2.32. The van der Waals surface area contributed by atoms with Crippen molar-refractivity contribution in [3.8, 4) is 0 Å². The van der Waals surface area contributed by atoms with Crippen LogP contribution in [-0.4, -0.2) is 37.5 Å². The monoisotopic (exact) mass is 446 g/mol. The smallest absolute Gasteiger partial charge is 0.310 e. The number of para-hydroxylation sites is 2. The largest absolute Gasteiger partial charge is 0.455 e. The molecule has 172 valence electrons. The minimum Gasteiger partial charge on any atom is -0.455 e. The van der Waals surface area contributed by atoms with Gasteiger partial charge >= 0.3 is 5.97 Å². The van der Waals surface area contributed by atoms with Gasteiger partial charge in [0.25, 0.3) is 5.91 Å². The molecule has 2 aromatic rings. The van der Waals surface area contributed by atoms with Gasteiger partial charge in [-0.2, -0.15) is 0 Å². The number of benzene rings is 2. The average Bonchev–Trinajstić information content (AvgIpc) is 3.30. The molecule has 2 aliphatic heterocycles. The summed E-state index contributed by atoms with van der Waals surface area (Å²) in [5.74, 6) is -1.48. The molecule has 0 bridgehead atoms. The summed E-state index contributed by atoms with van der Waals surface area (Å²) in [5, 5.41) is 0. The topological polar surface area (TPSA) is 66.9 Å². The number of fused-ring (bicyclic) bond motifs is 2. The number of hydrogen-bond donors (Lipinski definition) is 0. The molecule has 1 fully saturated rings. The molecule has 2 aromatic carbocycles. The first-order valence-corrected chi connectivity index (χ1v) is 12.1. The van der Waals surface area contributed by atoms with Crippen LogP contribution in [0.15, 0.2) is 48.5 Å². The lowest BCUT2D eigenvalue weighted by atomic mass is 9.78. The van der Waals surface area contributed by atoms with Gasteiger partial charge in [-0.25, -0.2) is 0 Å². The van der Waals surface area contributed by atoms with Crippen molar-refractivity contribution in [1.82, 2.24) is 0 Å². The van der Waals surface area contributed by atoms with Crippen LogP contribution in [0.4, 0.5) is 11.4 Å². The number of anilines is 2. The highest BCUT2D eigenvalue weighted by molar-refractivity contribution is 6.00. The summed E-state index contributed by atoms with van der Waals surface area (Å²) in [7, 11) is 0. The van der Waals surface area contributed by atoms with Gasteiger partial charge in [-0.15, -0.1) is 0 Å². The Morgan fingerprint density at radius 1 is 0.758 bits per heavy atom. The van der Waals surface area contributed by atoms with Crippen molar-refractivity contribution in [2.45, 2.75) is 44.9 Å². The van der Waals surface area contributed by atoms with E-state index in [9.17, 15) is 14.4 Å². The zero-order valence-electron chi connectivity index (χ0n) is 18.9. The number of rotatable bonds is 4. The fraction of sp³-hybridized carbons (Fsp3) is 0.444. The van der Waals surface area contributed by atoms with E-state index < -0.39 is 11.9 Å². The first-order chi connectivity index (χ1) is 16.1. The Morgan fingerprint density at radius 3 is 2.15 bits per heavy atom. The molecule has 3 aliphatic rings. The van der Waals surface area contributed by atoms with Crippen LogP contribution in [0.5, 0.6) is 0 Å². The van der Waals surface area contributed by atoms with Gasteiger partial charge in [0.05, 0.1) is 11.8 Å². The maximum atomic E-state index is 13.4.